The fourth-order valence-corrected chi connectivity index (χ4v) is 3.11. The van der Waals surface area contributed by atoms with E-state index in [9.17, 15) is 0 Å². The molecule has 0 saturated carbocycles. The number of rotatable bonds is 6. The van der Waals surface area contributed by atoms with Crippen LogP contribution in [0.4, 0.5) is 5.69 Å². The second kappa shape index (κ2) is 7.09. The second-order valence-corrected chi connectivity index (χ2v) is 6.16. The van der Waals surface area contributed by atoms with Crippen LogP contribution in [0.2, 0.25) is 0 Å². The molecular formula is C17H29N3. The van der Waals surface area contributed by atoms with Crippen LogP contribution in [-0.2, 0) is 6.42 Å². The third-order valence-electron chi connectivity index (χ3n) is 4.57. The summed E-state index contributed by atoms with van der Waals surface area (Å²) < 4.78 is 0. The lowest BCUT2D eigenvalue weighted by atomic mass is 10.0. The Hall–Kier alpha value is -1.06. The molecule has 0 bridgehead atoms. The molecule has 0 aliphatic carbocycles. The molecule has 2 N–H and O–H groups in total. The molecule has 0 radical (unpaired) electrons. The monoisotopic (exact) mass is 275 g/mol. The van der Waals surface area contributed by atoms with Gasteiger partial charge in [0, 0.05) is 31.4 Å². The Morgan fingerprint density at radius 3 is 2.80 bits per heavy atom. The predicted molar refractivity (Wildman–Crippen MR) is 87.3 cm³/mol. The topological polar surface area (TPSA) is 32.5 Å². The van der Waals surface area contributed by atoms with Crippen LogP contribution in [0, 0.1) is 0 Å². The summed E-state index contributed by atoms with van der Waals surface area (Å²) in [6, 6.07) is 9.65. The molecule has 1 saturated heterocycles. The molecule has 0 amide bonds. The fraction of sp³-hybridized carbons (Fsp3) is 0.647. The minimum Gasteiger partial charge on any atom is -0.373 e. The van der Waals surface area contributed by atoms with E-state index in [0.717, 1.165) is 19.4 Å². The lowest BCUT2D eigenvalue weighted by molar-refractivity contribution is 0.314. The molecule has 2 unspecified atom stereocenters. The van der Waals surface area contributed by atoms with Gasteiger partial charge in [0.15, 0.2) is 0 Å². The van der Waals surface area contributed by atoms with Crippen molar-refractivity contribution in [3.63, 3.8) is 0 Å². The normalized spacial score (nSPS) is 21.1. The van der Waals surface area contributed by atoms with Crippen LogP contribution >= 0.6 is 0 Å². The number of likely N-dealkylation sites (N-methyl/N-ethyl adjacent to an activating group) is 2. The van der Waals surface area contributed by atoms with E-state index in [1.165, 1.54) is 30.6 Å². The van der Waals surface area contributed by atoms with Gasteiger partial charge in [0.2, 0.25) is 0 Å². The van der Waals surface area contributed by atoms with Crippen LogP contribution in [0.25, 0.3) is 0 Å². The molecule has 1 aliphatic heterocycles. The SMILES string of the molecule is CCC(N)Cc1ccccc1N(C)CC1CCCN1C. The Labute approximate surface area is 123 Å². The summed E-state index contributed by atoms with van der Waals surface area (Å²) in [4.78, 5) is 4.89. The van der Waals surface area contributed by atoms with Crippen molar-refractivity contribution < 1.29 is 0 Å². The van der Waals surface area contributed by atoms with Gasteiger partial charge in [-0.2, -0.15) is 0 Å². The molecule has 2 atom stereocenters. The molecule has 3 heteroatoms. The smallest absolute Gasteiger partial charge is 0.0397 e. The van der Waals surface area contributed by atoms with Crippen molar-refractivity contribution in [2.45, 2.75) is 44.7 Å². The van der Waals surface area contributed by atoms with Gasteiger partial charge < -0.3 is 15.5 Å². The molecule has 3 nitrogen and oxygen atoms in total. The van der Waals surface area contributed by atoms with Crippen LogP contribution in [0.1, 0.15) is 31.7 Å². The summed E-state index contributed by atoms with van der Waals surface area (Å²) in [5, 5.41) is 0. The molecule has 1 heterocycles. The minimum atomic E-state index is 0.263. The van der Waals surface area contributed by atoms with Crippen molar-refractivity contribution >= 4 is 5.69 Å². The number of nitrogens with two attached hydrogens (primary N) is 1. The Morgan fingerprint density at radius 2 is 2.15 bits per heavy atom. The van der Waals surface area contributed by atoms with Gasteiger partial charge in [0.1, 0.15) is 0 Å². The first-order chi connectivity index (χ1) is 9.61. The van der Waals surface area contributed by atoms with E-state index >= 15 is 0 Å². The van der Waals surface area contributed by atoms with Gasteiger partial charge in [-0.15, -0.1) is 0 Å². The number of anilines is 1. The highest BCUT2D eigenvalue weighted by molar-refractivity contribution is 5.53. The maximum Gasteiger partial charge on any atom is 0.0397 e. The third-order valence-corrected chi connectivity index (χ3v) is 4.57. The van der Waals surface area contributed by atoms with Gasteiger partial charge in [0.25, 0.3) is 0 Å². The van der Waals surface area contributed by atoms with E-state index in [1.54, 1.807) is 0 Å². The highest BCUT2D eigenvalue weighted by atomic mass is 15.2. The van der Waals surface area contributed by atoms with Crippen LogP contribution in [0.15, 0.2) is 24.3 Å². The molecule has 1 aromatic carbocycles. The van der Waals surface area contributed by atoms with Gasteiger partial charge >= 0.3 is 0 Å². The zero-order valence-electron chi connectivity index (χ0n) is 13.2. The summed E-state index contributed by atoms with van der Waals surface area (Å²) >= 11 is 0. The van der Waals surface area contributed by atoms with Crippen molar-refractivity contribution in [3.8, 4) is 0 Å². The Balaban J connectivity index is 2.06. The lowest BCUT2D eigenvalue weighted by Crippen LogP contribution is -2.37. The summed E-state index contributed by atoms with van der Waals surface area (Å²) in [5.41, 5.74) is 8.86. The lowest BCUT2D eigenvalue weighted by Gasteiger charge is -2.29. The number of para-hydroxylation sites is 1. The van der Waals surface area contributed by atoms with Crippen LogP contribution < -0.4 is 10.6 Å². The van der Waals surface area contributed by atoms with E-state index in [4.69, 9.17) is 5.73 Å². The third kappa shape index (κ3) is 3.74. The van der Waals surface area contributed by atoms with Crippen molar-refractivity contribution in [2.75, 3.05) is 32.1 Å². The fourth-order valence-electron chi connectivity index (χ4n) is 3.11. The second-order valence-electron chi connectivity index (χ2n) is 6.16. The van der Waals surface area contributed by atoms with E-state index in [2.05, 4.69) is 55.1 Å². The maximum atomic E-state index is 6.13. The maximum absolute atomic E-state index is 6.13. The number of likely N-dealkylation sites (tertiary alicyclic amines) is 1. The Kier molecular flexibility index (Phi) is 5.44. The van der Waals surface area contributed by atoms with Gasteiger partial charge in [-0.05, 0) is 50.9 Å². The molecule has 1 aliphatic rings. The largest absolute Gasteiger partial charge is 0.373 e. The Morgan fingerprint density at radius 1 is 1.40 bits per heavy atom. The summed E-state index contributed by atoms with van der Waals surface area (Å²) in [5.74, 6) is 0. The molecule has 20 heavy (non-hydrogen) atoms. The first-order valence-corrected chi connectivity index (χ1v) is 7.86. The summed E-state index contributed by atoms with van der Waals surface area (Å²) in [6.45, 7) is 4.50. The van der Waals surface area contributed by atoms with E-state index in [-0.39, 0.29) is 6.04 Å². The quantitative estimate of drug-likeness (QED) is 0.866. The number of benzene rings is 1. The van der Waals surface area contributed by atoms with Gasteiger partial charge in [-0.25, -0.2) is 0 Å². The number of hydrogen-bond donors (Lipinski definition) is 1. The predicted octanol–water partition coefficient (Wildman–Crippen LogP) is 2.50. The summed E-state index contributed by atoms with van der Waals surface area (Å²) in [6.07, 6.45) is 4.65. The molecule has 1 aromatic rings. The zero-order valence-corrected chi connectivity index (χ0v) is 13.2. The molecule has 0 spiro atoms. The van der Waals surface area contributed by atoms with E-state index in [1.807, 2.05) is 0 Å². The first kappa shape index (κ1) is 15.3. The standard InChI is InChI=1S/C17H29N3/c1-4-15(18)12-14-8-5-6-10-17(14)20(3)13-16-9-7-11-19(16)2/h5-6,8,10,15-16H,4,7,9,11-13,18H2,1-3H3. The van der Waals surface area contributed by atoms with Crippen LogP contribution in [-0.4, -0.2) is 44.2 Å². The van der Waals surface area contributed by atoms with Crippen LogP contribution in [0.5, 0.6) is 0 Å². The minimum absolute atomic E-state index is 0.263. The first-order valence-electron chi connectivity index (χ1n) is 7.86. The van der Waals surface area contributed by atoms with Crippen LogP contribution in [0.3, 0.4) is 0 Å². The number of hydrogen-bond acceptors (Lipinski definition) is 3. The highest BCUT2D eigenvalue weighted by Gasteiger charge is 2.22. The molecule has 112 valence electrons. The van der Waals surface area contributed by atoms with E-state index in [0.29, 0.717) is 6.04 Å². The van der Waals surface area contributed by atoms with Gasteiger partial charge in [0.05, 0.1) is 0 Å². The molecule has 1 fully saturated rings. The van der Waals surface area contributed by atoms with Gasteiger partial charge in [-0.3, -0.25) is 0 Å². The number of nitrogens with zero attached hydrogens (tertiary/aromatic N) is 2. The average molecular weight is 275 g/mol. The summed E-state index contributed by atoms with van der Waals surface area (Å²) in [7, 11) is 4.45. The van der Waals surface area contributed by atoms with Crippen molar-refractivity contribution in [2.24, 2.45) is 5.73 Å². The molecule has 0 aromatic heterocycles. The van der Waals surface area contributed by atoms with Crippen molar-refractivity contribution in [3.05, 3.63) is 29.8 Å². The Bertz CT molecular complexity index is 418. The average Bonchev–Trinajstić information content (AvgIpc) is 2.84. The van der Waals surface area contributed by atoms with Crippen molar-refractivity contribution in [1.82, 2.24) is 4.90 Å². The van der Waals surface area contributed by atoms with Gasteiger partial charge in [-0.1, -0.05) is 25.1 Å². The van der Waals surface area contributed by atoms with E-state index < -0.39 is 0 Å². The molecular weight excluding hydrogens is 246 g/mol. The highest BCUT2D eigenvalue weighted by Crippen LogP contribution is 2.23. The molecule has 2 rings (SSSR count). The zero-order chi connectivity index (χ0) is 14.5. The van der Waals surface area contributed by atoms with Crippen molar-refractivity contribution in [1.29, 1.82) is 0 Å².